The lowest BCUT2D eigenvalue weighted by Crippen LogP contribution is -2.32. The van der Waals surface area contributed by atoms with Gasteiger partial charge in [-0.1, -0.05) is 6.07 Å². The highest BCUT2D eigenvalue weighted by Crippen LogP contribution is 2.25. The maximum Gasteiger partial charge on any atom is 0.311 e. The van der Waals surface area contributed by atoms with Crippen LogP contribution in [0.4, 0.5) is 10.1 Å². The van der Waals surface area contributed by atoms with E-state index in [4.69, 9.17) is 4.74 Å². The molecule has 0 aliphatic carbocycles. The van der Waals surface area contributed by atoms with E-state index < -0.39 is 35.5 Å². The zero-order valence-electron chi connectivity index (χ0n) is 13.2. The number of carbonyl (C=O) groups excluding carboxylic acids is 2. The minimum Gasteiger partial charge on any atom is -0.481 e. The molecule has 1 fully saturated rings. The van der Waals surface area contributed by atoms with Gasteiger partial charge in [-0.05, 0) is 25.1 Å². The van der Waals surface area contributed by atoms with Gasteiger partial charge in [0.2, 0.25) is 5.91 Å². The van der Waals surface area contributed by atoms with Gasteiger partial charge in [-0.3, -0.25) is 19.3 Å². The van der Waals surface area contributed by atoms with Gasteiger partial charge in [0, 0.05) is 18.8 Å². The molecule has 0 unspecified atom stereocenters. The van der Waals surface area contributed by atoms with Crippen LogP contribution in [0.3, 0.4) is 0 Å². The third kappa shape index (κ3) is 4.51. The van der Waals surface area contributed by atoms with Gasteiger partial charge in [0.05, 0.1) is 25.0 Å². The Morgan fingerprint density at radius 1 is 1.33 bits per heavy atom. The first-order valence-electron chi connectivity index (χ1n) is 7.58. The third-order valence-corrected chi connectivity index (χ3v) is 3.78. The van der Waals surface area contributed by atoms with Crippen molar-refractivity contribution in [1.29, 1.82) is 0 Å². The largest absolute Gasteiger partial charge is 0.481 e. The van der Waals surface area contributed by atoms with Gasteiger partial charge in [-0.25, -0.2) is 4.39 Å². The monoisotopic (exact) mass is 338 g/mol. The Bertz CT molecular complexity index is 637. The van der Waals surface area contributed by atoms with E-state index in [0.29, 0.717) is 5.69 Å². The number of rotatable bonds is 6. The number of aliphatic carboxylic acids is 1. The summed E-state index contributed by atoms with van der Waals surface area (Å²) in [4.78, 5) is 36.8. The number of hydrogen-bond acceptors (Lipinski definition) is 5. The number of ether oxygens (including phenoxy) is 1. The van der Waals surface area contributed by atoms with Crippen molar-refractivity contribution in [2.75, 3.05) is 31.6 Å². The number of likely N-dealkylation sites (tertiary alicyclic amines) is 1. The summed E-state index contributed by atoms with van der Waals surface area (Å²) in [7, 11) is 0. The normalized spacial score (nSPS) is 20.6. The molecular weight excluding hydrogens is 319 g/mol. The van der Waals surface area contributed by atoms with Crippen molar-refractivity contribution in [2.24, 2.45) is 11.8 Å². The zero-order valence-corrected chi connectivity index (χ0v) is 13.2. The van der Waals surface area contributed by atoms with Crippen LogP contribution in [0.15, 0.2) is 24.3 Å². The second-order valence-electron chi connectivity index (χ2n) is 5.56. The van der Waals surface area contributed by atoms with Crippen LogP contribution in [0, 0.1) is 17.7 Å². The lowest BCUT2D eigenvalue weighted by molar-refractivity contribution is -0.155. The van der Waals surface area contributed by atoms with E-state index in [1.807, 2.05) is 0 Å². The van der Waals surface area contributed by atoms with Crippen molar-refractivity contribution in [3.8, 4) is 0 Å². The topological polar surface area (TPSA) is 95.9 Å². The average molecular weight is 338 g/mol. The van der Waals surface area contributed by atoms with Gasteiger partial charge in [0.25, 0.3) is 0 Å². The van der Waals surface area contributed by atoms with Crippen LogP contribution < -0.4 is 5.32 Å². The molecule has 2 rings (SSSR count). The zero-order chi connectivity index (χ0) is 17.7. The Morgan fingerprint density at radius 2 is 2.04 bits per heavy atom. The van der Waals surface area contributed by atoms with Crippen molar-refractivity contribution < 1.29 is 28.6 Å². The Balaban J connectivity index is 1.96. The van der Waals surface area contributed by atoms with Gasteiger partial charge in [0.15, 0.2) is 0 Å². The fourth-order valence-corrected chi connectivity index (χ4v) is 2.72. The van der Waals surface area contributed by atoms with Crippen LogP contribution in [0.1, 0.15) is 6.92 Å². The summed E-state index contributed by atoms with van der Waals surface area (Å²) >= 11 is 0. The molecule has 0 saturated carbocycles. The molecule has 2 atom stereocenters. The number of nitrogens with zero attached hydrogens (tertiary/aromatic N) is 1. The highest BCUT2D eigenvalue weighted by atomic mass is 19.1. The smallest absolute Gasteiger partial charge is 0.311 e. The molecule has 0 aromatic heterocycles. The van der Waals surface area contributed by atoms with Crippen LogP contribution in [0.25, 0.3) is 0 Å². The van der Waals surface area contributed by atoms with Crippen LogP contribution in [0.2, 0.25) is 0 Å². The van der Waals surface area contributed by atoms with Crippen molar-refractivity contribution in [1.82, 2.24) is 4.90 Å². The molecule has 0 spiro atoms. The molecule has 7 nitrogen and oxygen atoms in total. The van der Waals surface area contributed by atoms with Crippen LogP contribution in [-0.4, -0.2) is 54.1 Å². The van der Waals surface area contributed by atoms with Crippen molar-refractivity contribution in [2.45, 2.75) is 6.92 Å². The summed E-state index contributed by atoms with van der Waals surface area (Å²) in [6, 6.07) is 5.46. The lowest BCUT2D eigenvalue weighted by atomic mass is 9.96. The summed E-state index contributed by atoms with van der Waals surface area (Å²) in [6.45, 7) is 1.94. The first-order valence-corrected chi connectivity index (χ1v) is 7.58. The van der Waals surface area contributed by atoms with Crippen molar-refractivity contribution in [3.63, 3.8) is 0 Å². The van der Waals surface area contributed by atoms with E-state index in [0.717, 1.165) is 0 Å². The van der Waals surface area contributed by atoms with Gasteiger partial charge < -0.3 is 15.2 Å². The van der Waals surface area contributed by atoms with Gasteiger partial charge in [-0.15, -0.1) is 0 Å². The highest BCUT2D eigenvalue weighted by Gasteiger charge is 2.43. The summed E-state index contributed by atoms with van der Waals surface area (Å²) in [5.41, 5.74) is 0.316. The molecule has 1 heterocycles. The predicted octanol–water partition coefficient (Wildman–Crippen LogP) is 0.960. The summed E-state index contributed by atoms with van der Waals surface area (Å²) in [6.07, 6.45) is 0. The van der Waals surface area contributed by atoms with Crippen LogP contribution >= 0.6 is 0 Å². The molecule has 0 bridgehead atoms. The molecule has 1 aliphatic heterocycles. The number of nitrogens with one attached hydrogen (secondary N) is 1. The van der Waals surface area contributed by atoms with Crippen LogP contribution in [0.5, 0.6) is 0 Å². The molecule has 1 amide bonds. The molecule has 0 radical (unpaired) electrons. The average Bonchev–Trinajstić information content (AvgIpc) is 2.91. The standard InChI is InChI=1S/C16H19FN2O5/c1-2-24-16(23)13-8-19(7-12(13)15(21)22)9-14(20)18-11-5-3-4-10(17)6-11/h3-6,12-13H,2,7-9H2,1H3,(H,18,20)(H,21,22)/t12-,13-/m1/s1. The number of hydrogen-bond donors (Lipinski definition) is 2. The number of benzene rings is 1. The molecule has 1 aromatic carbocycles. The van der Waals surface area contributed by atoms with Crippen LogP contribution in [-0.2, 0) is 19.1 Å². The SMILES string of the molecule is CCOC(=O)[C@@H]1CN(CC(=O)Nc2cccc(F)c2)C[C@H]1C(=O)O. The second kappa shape index (κ2) is 7.87. The summed E-state index contributed by atoms with van der Waals surface area (Å²) in [5, 5.41) is 11.8. The lowest BCUT2D eigenvalue weighted by Gasteiger charge is -2.15. The number of carbonyl (C=O) groups is 3. The van der Waals surface area contributed by atoms with E-state index in [2.05, 4.69) is 5.32 Å². The minimum absolute atomic E-state index is 0.0788. The van der Waals surface area contributed by atoms with Crippen molar-refractivity contribution in [3.05, 3.63) is 30.1 Å². The fraction of sp³-hybridized carbons (Fsp3) is 0.438. The summed E-state index contributed by atoms with van der Waals surface area (Å²) < 4.78 is 18.0. The number of carboxylic acid groups (broad SMARTS) is 1. The number of amides is 1. The Hall–Kier alpha value is -2.48. The molecule has 2 N–H and O–H groups in total. The summed E-state index contributed by atoms with van der Waals surface area (Å²) in [5.74, 6) is -4.26. The molecule has 1 aromatic rings. The molecule has 1 aliphatic rings. The van der Waals surface area contributed by atoms with Gasteiger partial charge >= 0.3 is 11.9 Å². The van der Waals surface area contributed by atoms with E-state index in [1.54, 1.807) is 17.9 Å². The Morgan fingerprint density at radius 3 is 2.67 bits per heavy atom. The maximum absolute atomic E-state index is 13.1. The Kier molecular flexibility index (Phi) is 5.86. The quantitative estimate of drug-likeness (QED) is 0.750. The van der Waals surface area contributed by atoms with E-state index in [9.17, 15) is 23.9 Å². The van der Waals surface area contributed by atoms with E-state index in [-0.39, 0.29) is 26.2 Å². The first-order chi connectivity index (χ1) is 11.4. The number of esters is 1. The maximum atomic E-state index is 13.1. The third-order valence-electron chi connectivity index (χ3n) is 3.78. The fourth-order valence-electron chi connectivity index (χ4n) is 2.72. The number of halogens is 1. The van der Waals surface area contributed by atoms with Crippen molar-refractivity contribution >= 4 is 23.5 Å². The second-order valence-corrected chi connectivity index (χ2v) is 5.56. The van der Waals surface area contributed by atoms with E-state index in [1.165, 1.54) is 18.2 Å². The molecule has 1 saturated heterocycles. The number of anilines is 1. The van der Waals surface area contributed by atoms with E-state index >= 15 is 0 Å². The predicted molar refractivity (Wildman–Crippen MR) is 82.7 cm³/mol. The molecule has 130 valence electrons. The first kappa shape index (κ1) is 17.9. The molecular formula is C16H19FN2O5. The minimum atomic E-state index is -1.10. The Labute approximate surface area is 138 Å². The molecule has 24 heavy (non-hydrogen) atoms. The highest BCUT2D eigenvalue weighted by molar-refractivity contribution is 5.92. The number of carboxylic acids is 1. The van der Waals surface area contributed by atoms with Gasteiger partial charge in [0.1, 0.15) is 5.82 Å². The van der Waals surface area contributed by atoms with Gasteiger partial charge in [-0.2, -0.15) is 0 Å². The molecule has 8 heteroatoms.